The Morgan fingerprint density at radius 1 is 1.41 bits per heavy atom. The fraction of sp³-hybridized carbons (Fsp3) is 0.769. The summed E-state index contributed by atoms with van der Waals surface area (Å²) in [6.07, 6.45) is 7.33. The molecule has 1 aromatic rings. The number of likely N-dealkylation sites (N-methyl/N-ethyl adjacent to an activating group) is 1. The second-order valence-corrected chi connectivity index (χ2v) is 6.99. The van der Waals surface area contributed by atoms with Crippen LogP contribution in [-0.2, 0) is 12.0 Å². The highest BCUT2D eigenvalue weighted by Gasteiger charge is 2.43. The molecule has 92 valence electrons. The van der Waals surface area contributed by atoms with Gasteiger partial charge in [-0.3, -0.25) is 4.90 Å². The molecule has 0 aromatic carbocycles. The molecule has 2 atom stereocenters. The number of hydrogen-bond acceptors (Lipinski definition) is 4. The standard InChI is InChI=1S/C13H19N3S/c1-16-8-3-4-10(16)11-9(7-8)15-12(17-11)13(14)5-2-6-13/h8,10H,2-7,14H2,1H3. The van der Waals surface area contributed by atoms with E-state index in [2.05, 4.69) is 11.9 Å². The topological polar surface area (TPSA) is 42.1 Å². The number of aromatic nitrogens is 1. The number of fused-ring (bicyclic) bond motifs is 4. The van der Waals surface area contributed by atoms with Crippen molar-refractivity contribution in [2.75, 3.05) is 7.05 Å². The maximum atomic E-state index is 6.40. The number of thiazole rings is 1. The first kappa shape index (κ1) is 10.5. The van der Waals surface area contributed by atoms with Crippen LogP contribution in [0.2, 0.25) is 0 Å². The molecule has 1 saturated heterocycles. The molecule has 2 fully saturated rings. The molecule has 4 rings (SSSR count). The van der Waals surface area contributed by atoms with E-state index in [1.807, 2.05) is 11.3 Å². The van der Waals surface area contributed by atoms with Crippen molar-refractivity contribution >= 4 is 11.3 Å². The van der Waals surface area contributed by atoms with Crippen LogP contribution in [0.4, 0.5) is 0 Å². The maximum Gasteiger partial charge on any atom is 0.113 e. The molecule has 0 radical (unpaired) electrons. The normalized spacial score (nSPS) is 34.5. The minimum absolute atomic E-state index is 0.0696. The smallest absolute Gasteiger partial charge is 0.113 e. The van der Waals surface area contributed by atoms with Gasteiger partial charge in [0.15, 0.2) is 0 Å². The van der Waals surface area contributed by atoms with E-state index in [9.17, 15) is 0 Å². The van der Waals surface area contributed by atoms with Crippen molar-refractivity contribution in [3.8, 4) is 0 Å². The lowest BCUT2D eigenvalue weighted by Crippen LogP contribution is -2.43. The van der Waals surface area contributed by atoms with Gasteiger partial charge in [0.2, 0.25) is 0 Å². The molecular weight excluding hydrogens is 230 g/mol. The monoisotopic (exact) mass is 249 g/mol. The first-order valence-corrected chi connectivity index (χ1v) is 7.50. The van der Waals surface area contributed by atoms with Gasteiger partial charge in [-0.15, -0.1) is 11.3 Å². The molecule has 3 heterocycles. The largest absolute Gasteiger partial charge is 0.319 e. The lowest BCUT2D eigenvalue weighted by Gasteiger charge is -2.35. The molecule has 2 N–H and O–H groups in total. The van der Waals surface area contributed by atoms with E-state index in [0.717, 1.165) is 25.3 Å². The van der Waals surface area contributed by atoms with Crippen LogP contribution in [0, 0.1) is 0 Å². The lowest BCUT2D eigenvalue weighted by atomic mass is 9.78. The molecule has 0 spiro atoms. The fourth-order valence-electron chi connectivity index (χ4n) is 3.55. The molecule has 2 aliphatic heterocycles. The van der Waals surface area contributed by atoms with Crippen molar-refractivity contribution in [3.05, 3.63) is 15.6 Å². The summed E-state index contributed by atoms with van der Waals surface area (Å²) in [6, 6.07) is 1.37. The summed E-state index contributed by atoms with van der Waals surface area (Å²) in [7, 11) is 2.27. The van der Waals surface area contributed by atoms with E-state index in [-0.39, 0.29) is 5.54 Å². The molecule has 3 aliphatic rings. The highest BCUT2D eigenvalue weighted by molar-refractivity contribution is 7.12. The summed E-state index contributed by atoms with van der Waals surface area (Å²) in [5.41, 5.74) is 7.70. The minimum Gasteiger partial charge on any atom is -0.319 e. The second kappa shape index (κ2) is 3.31. The molecule has 0 amide bonds. The molecule has 4 heteroatoms. The van der Waals surface area contributed by atoms with E-state index >= 15 is 0 Å². The van der Waals surface area contributed by atoms with E-state index in [4.69, 9.17) is 10.7 Å². The predicted molar refractivity (Wildman–Crippen MR) is 69.1 cm³/mol. The zero-order valence-corrected chi connectivity index (χ0v) is 11.1. The van der Waals surface area contributed by atoms with E-state index in [0.29, 0.717) is 6.04 Å². The molecule has 1 aliphatic carbocycles. The Bertz CT molecular complexity index is 463. The van der Waals surface area contributed by atoms with Crippen molar-refractivity contribution in [1.29, 1.82) is 0 Å². The van der Waals surface area contributed by atoms with Gasteiger partial charge in [0.05, 0.1) is 11.2 Å². The summed E-state index contributed by atoms with van der Waals surface area (Å²) < 4.78 is 0. The van der Waals surface area contributed by atoms with Gasteiger partial charge in [-0.05, 0) is 39.2 Å². The number of nitrogens with zero attached hydrogens (tertiary/aromatic N) is 2. The van der Waals surface area contributed by atoms with Crippen LogP contribution in [0.25, 0.3) is 0 Å². The molecule has 17 heavy (non-hydrogen) atoms. The average Bonchev–Trinajstić information content (AvgIpc) is 2.78. The van der Waals surface area contributed by atoms with Gasteiger partial charge in [0.1, 0.15) is 5.01 Å². The van der Waals surface area contributed by atoms with Gasteiger partial charge >= 0.3 is 0 Å². The summed E-state index contributed by atoms with van der Waals surface area (Å²) in [6.45, 7) is 0. The Morgan fingerprint density at radius 3 is 2.94 bits per heavy atom. The number of hydrogen-bond donors (Lipinski definition) is 1. The molecular formula is C13H19N3S. The summed E-state index contributed by atoms with van der Waals surface area (Å²) in [4.78, 5) is 8.96. The van der Waals surface area contributed by atoms with Crippen molar-refractivity contribution < 1.29 is 0 Å². The molecule has 2 unspecified atom stereocenters. The van der Waals surface area contributed by atoms with Crippen LogP contribution in [0.5, 0.6) is 0 Å². The van der Waals surface area contributed by atoms with Gasteiger partial charge in [-0.2, -0.15) is 0 Å². The first-order valence-electron chi connectivity index (χ1n) is 6.68. The van der Waals surface area contributed by atoms with Crippen molar-refractivity contribution in [2.45, 2.75) is 56.1 Å². The van der Waals surface area contributed by atoms with Crippen LogP contribution in [0.15, 0.2) is 0 Å². The van der Waals surface area contributed by atoms with Crippen LogP contribution < -0.4 is 5.73 Å². The highest BCUT2D eigenvalue weighted by atomic mass is 32.1. The van der Waals surface area contributed by atoms with Crippen molar-refractivity contribution in [3.63, 3.8) is 0 Å². The van der Waals surface area contributed by atoms with Gasteiger partial charge in [0.25, 0.3) is 0 Å². The zero-order chi connectivity index (χ0) is 11.6. The quantitative estimate of drug-likeness (QED) is 0.829. The van der Waals surface area contributed by atoms with Gasteiger partial charge in [-0.25, -0.2) is 4.98 Å². The van der Waals surface area contributed by atoms with Crippen molar-refractivity contribution in [2.24, 2.45) is 5.73 Å². The third-order valence-electron chi connectivity index (χ3n) is 4.97. The van der Waals surface area contributed by atoms with E-state index in [1.165, 1.54) is 34.8 Å². The summed E-state index contributed by atoms with van der Waals surface area (Å²) >= 11 is 1.90. The van der Waals surface area contributed by atoms with Gasteiger partial charge in [-0.1, -0.05) is 0 Å². The average molecular weight is 249 g/mol. The molecule has 1 saturated carbocycles. The SMILES string of the molecule is CN1C2CCC1c1sc(C3(N)CCC3)nc1C2. The van der Waals surface area contributed by atoms with E-state index in [1.54, 1.807) is 0 Å². The van der Waals surface area contributed by atoms with Gasteiger partial charge in [0, 0.05) is 23.4 Å². The Balaban J connectivity index is 1.75. The first-order chi connectivity index (χ1) is 8.17. The Labute approximate surface area is 106 Å². The zero-order valence-electron chi connectivity index (χ0n) is 10.3. The lowest BCUT2D eigenvalue weighted by molar-refractivity contribution is 0.225. The summed E-state index contributed by atoms with van der Waals surface area (Å²) in [5.74, 6) is 0. The third kappa shape index (κ3) is 1.32. The third-order valence-corrected chi connectivity index (χ3v) is 6.39. The number of nitrogens with two attached hydrogens (primary N) is 1. The molecule has 2 bridgehead atoms. The van der Waals surface area contributed by atoms with Crippen molar-refractivity contribution in [1.82, 2.24) is 9.88 Å². The van der Waals surface area contributed by atoms with Crippen LogP contribution in [-0.4, -0.2) is 23.0 Å². The second-order valence-electron chi connectivity index (χ2n) is 5.96. The minimum atomic E-state index is -0.0696. The summed E-state index contributed by atoms with van der Waals surface area (Å²) in [5, 5.41) is 1.22. The predicted octanol–water partition coefficient (Wildman–Crippen LogP) is 2.17. The Kier molecular flexibility index (Phi) is 2.04. The molecule has 3 nitrogen and oxygen atoms in total. The van der Waals surface area contributed by atoms with Gasteiger partial charge < -0.3 is 5.73 Å². The number of rotatable bonds is 1. The van der Waals surface area contributed by atoms with Crippen LogP contribution in [0.3, 0.4) is 0 Å². The van der Waals surface area contributed by atoms with Crippen LogP contribution >= 0.6 is 11.3 Å². The molecule has 1 aromatic heterocycles. The van der Waals surface area contributed by atoms with Crippen LogP contribution in [0.1, 0.15) is 53.7 Å². The van der Waals surface area contributed by atoms with E-state index < -0.39 is 0 Å². The Hall–Kier alpha value is -0.450. The fourth-order valence-corrected chi connectivity index (χ4v) is 4.99. The Morgan fingerprint density at radius 2 is 2.24 bits per heavy atom. The maximum absolute atomic E-state index is 6.40. The highest BCUT2D eigenvalue weighted by Crippen LogP contribution is 2.48.